The smallest absolute Gasteiger partial charge is 0.362 e. The van der Waals surface area contributed by atoms with Gasteiger partial charge in [-0.25, -0.2) is 4.79 Å². The highest BCUT2D eigenvalue weighted by atomic mass is 16.6. The number of allylic oxidation sites excluding steroid dienone is 12. The molecule has 0 heterocycles. The number of carbonyl (C=O) groups is 3. The number of nitrogens with zero attached hydrogens (tertiary/aromatic N) is 1. The Morgan fingerprint density at radius 1 is 0.674 bits per heavy atom. The van der Waals surface area contributed by atoms with Crippen molar-refractivity contribution in [1.29, 1.82) is 0 Å². The van der Waals surface area contributed by atoms with Gasteiger partial charge in [-0.3, -0.25) is 9.59 Å². The van der Waals surface area contributed by atoms with Gasteiger partial charge in [0.15, 0.2) is 12.1 Å². The van der Waals surface area contributed by atoms with Gasteiger partial charge < -0.3 is 23.8 Å². The normalized spacial score (nSPS) is 14.0. The van der Waals surface area contributed by atoms with Crippen LogP contribution in [-0.2, 0) is 28.6 Å². The van der Waals surface area contributed by atoms with Crippen LogP contribution in [0, 0.1) is 0 Å². The van der Waals surface area contributed by atoms with Gasteiger partial charge in [0.25, 0.3) is 0 Å². The largest absolute Gasteiger partial charge is 0.477 e. The highest BCUT2D eigenvalue weighted by Crippen LogP contribution is 2.10. The van der Waals surface area contributed by atoms with E-state index in [0.29, 0.717) is 19.3 Å². The summed E-state index contributed by atoms with van der Waals surface area (Å²) < 4.78 is 17.0. The molecular formula is C38H62NO7+. The van der Waals surface area contributed by atoms with E-state index in [1.807, 2.05) is 75.8 Å². The van der Waals surface area contributed by atoms with Crippen LogP contribution in [0.3, 0.4) is 0 Å². The molecule has 8 heteroatoms. The second kappa shape index (κ2) is 29.2. The molecule has 2 atom stereocenters. The number of aliphatic carboxylic acids is 1. The van der Waals surface area contributed by atoms with E-state index in [0.717, 1.165) is 25.7 Å². The van der Waals surface area contributed by atoms with Crippen LogP contribution in [0.5, 0.6) is 0 Å². The highest BCUT2D eigenvalue weighted by Gasteiger charge is 2.31. The number of carbonyl (C=O) groups excluding carboxylic acids is 2. The number of unbranched alkanes of at least 4 members (excludes halogenated alkanes) is 6. The third-order valence-corrected chi connectivity index (χ3v) is 6.97. The third-order valence-electron chi connectivity index (χ3n) is 6.97. The molecule has 0 saturated carbocycles. The summed E-state index contributed by atoms with van der Waals surface area (Å²) in [5.41, 5.74) is 0. The first-order valence-electron chi connectivity index (χ1n) is 17.0. The number of hydrogen-bond donors (Lipinski definition) is 1. The Bertz CT molecular complexity index is 985. The summed E-state index contributed by atoms with van der Waals surface area (Å²) in [6.45, 7) is 4.40. The number of quaternary nitrogens is 1. The zero-order valence-electron chi connectivity index (χ0n) is 29.2. The number of esters is 2. The first-order chi connectivity index (χ1) is 22.1. The molecule has 8 nitrogen and oxygen atoms in total. The van der Waals surface area contributed by atoms with Crippen LogP contribution in [0.4, 0.5) is 0 Å². The maximum atomic E-state index is 12.5. The molecular weight excluding hydrogens is 582 g/mol. The molecule has 0 fully saturated rings. The lowest BCUT2D eigenvalue weighted by molar-refractivity contribution is -0.887. The molecule has 0 spiro atoms. The summed E-state index contributed by atoms with van der Waals surface area (Å²) in [5, 5.41) is 9.54. The molecule has 0 saturated heterocycles. The number of hydrogen-bond acceptors (Lipinski definition) is 6. The Labute approximate surface area is 279 Å². The van der Waals surface area contributed by atoms with E-state index in [1.165, 1.54) is 25.7 Å². The van der Waals surface area contributed by atoms with Gasteiger partial charge in [0, 0.05) is 19.3 Å². The van der Waals surface area contributed by atoms with Gasteiger partial charge >= 0.3 is 17.9 Å². The van der Waals surface area contributed by atoms with Gasteiger partial charge in [0.05, 0.1) is 34.4 Å². The molecule has 0 amide bonds. The van der Waals surface area contributed by atoms with Crippen molar-refractivity contribution in [1.82, 2.24) is 0 Å². The Morgan fingerprint density at radius 3 is 1.83 bits per heavy atom. The second-order valence-electron chi connectivity index (χ2n) is 12.2. The Morgan fingerprint density at radius 2 is 1.24 bits per heavy atom. The average molecular weight is 645 g/mol. The Kier molecular flexibility index (Phi) is 27.1. The topological polar surface area (TPSA) is 99.1 Å². The van der Waals surface area contributed by atoms with Crippen molar-refractivity contribution < 1.29 is 38.2 Å². The highest BCUT2D eigenvalue weighted by molar-refractivity contribution is 5.72. The molecule has 0 aromatic heterocycles. The van der Waals surface area contributed by atoms with Crippen molar-refractivity contribution in [3.63, 3.8) is 0 Å². The summed E-state index contributed by atoms with van der Waals surface area (Å²) in [5.74, 6) is -1.63. The monoisotopic (exact) mass is 644 g/mol. The van der Waals surface area contributed by atoms with E-state index >= 15 is 0 Å². The van der Waals surface area contributed by atoms with E-state index in [1.54, 1.807) is 0 Å². The van der Waals surface area contributed by atoms with Crippen molar-refractivity contribution in [2.45, 2.75) is 109 Å². The van der Waals surface area contributed by atoms with Gasteiger partial charge in [-0.05, 0) is 44.9 Å². The van der Waals surface area contributed by atoms with E-state index in [-0.39, 0.29) is 49.1 Å². The lowest BCUT2D eigenvalue weighted by atomic mass is 10.1. The van der Waals surface area contributed by atoms with Crippen LogP contribution in [0.25, 0.3) is 0 Å². The van der Waals surface area contributed by atoms with Crippen molar-refractivity contribution in [2.75, 3.05) is 41.0 Å². The zero-order valence-corrected chi connectivity index (χ0v) is 29.2. The van der Waals surface area contributed by atoms with Crippen LogP contribution >= 0.6 is 0 Å². The number of likely N-dealkylation sites (N-methyl/N-ethyl adjacent to an activating group) is 1. The van der Waals surface area contributed by atoms with Crippen LogP contribution in [-0.4, -0.2) is 80.6 Å². The fraction of sp³-hybridized carbons (Fsp3) is 0.605. The molecule has 2 unspecified atom stereocenters. The van der Waals surface area contributed by atoms with Gasteiger partial charge in [-0.15, -0.1) is 0 Å². The number of ether oxygens (including phenoxy) is 3. The molecule has 0 bridgehead atoms. The first kappa shape index (κ1) is 42.8. The fourth-order valence-corrected chi connectivity index (χ4v) is 4.30. The minimum absolute atomic E-state index is 0.0227. The van der Waals surface area contributed by atoms with Gasteiger partial charge in [0.2, 0.25) is 0 Å². The van der Waals surface area contributed by atoms with Gasteiger partial charge in [-0.1, -0.05) is 106 Å². The summed E-state index contributed by atoms with van der Waals surface area (Å²) in [4.78, 5) is 36.5. The Balaban J connectivity index is 4.66. The fourth-order valence-electron chi connectivity index (χ4n) is 4.30. The van der Waals surface area contributed by atoms with Crippen molar-refractivity contribution in [3.05, 3.63) is 72.9 Å². The number of rotatable bonds is 28. The minimum Gasteiger partial charge on any atom is -0.477 e. The van der Waals surface area contributed by atoms with Crippen molar-refractivity contribution >= 4 is 17.9 Å². The van der Waals surface area contributed by atoms with Crippen molar-refractivity contribution in [2.24, 2.45) is 0 Å². The molecule has 0 aliphatic heterocycles. The Hall–Kier alpha value is -3.23. The molecule has 0 rings (SSSR count). The lowest BCUT2D eigenvalue weighted by Gasteiger charge is -2.31. The predicted octanol–water partition coefficient (Wildman–Crippen LogP) is 8.07. The van der Waals surface area contributed by atoms with Crippen LogP contribution in [0.15, 0.2) is 72.9 Å². The summed E-state index contributed by atoms with van der Waals surface area (Å²) in [7, 11) is 5.46. The number of carboxylic acid groups (broad SMARTS) is 1. The maximum absolute atomic E-state index is 12.5. The van der Waals surface area contributed by atoms with Gasteiger partial charge in [0.1, 0.15) is 6.61 Å². The average Bonchev–Trinajstić information content (AvgIpc) is 3.00. The molecule has 260 valence electrons. The van der Waals surface area contributed by atoms with Crippen LogP contribution in [0.1, 0.15) is 97.3 Å². The SMILES string of the molecule is CC/C=C/C=C/C=C/C=C/C=C/CCCC(=O)OCC(COCCC(C(=O)O)[N+](C)(C)C)OC(=O)CCC/C=C/CCCCCC. The third kappa shape index (κ3) is 27.1. The molecule has 1 N–H and O–H groups in total. The van der Waals surface area contributed by atoms with E-state index < -0.39 is 18.1 Å². The maximum Gasteiger partial charge on any atom is 0.362 e. The van der Waals surface area contributed by atoms with E-state index in [2.05, 4.69) is 32.1 Å². The molecule has 46 heavy (non-hydrogen) atoms. The standard InChI is InChI=1S/C38H61NO7/c1-6-8-10-12-14-16-17-18-19-21-22-24-26-28-36(40)45-33-34(32-44-31-30-35(38(42)43)39(3,4)5)46-37(41)29-27-25-23-20-15-13-11-9-7-2/h8,10,12,14,16-23,34-35H,6-7,9,11,13,15,24-33H2,1-5H3/p+1/b10-8+,14-12+,17-16+,19-18+,22-21+,23-20+. The quantitative estimate of drug-likeness (QED) is 0.0302. The van der Waals surface area contributed by atoms with Crippen molar-refractivity contribution in [3.8, 4) is 0 Å². The van der Waals surface area contributed by atoms with Gasteiger partial charge in [-0.2, -0.15) is 0 Å². The number of carboxylic acids is 1. The lowest BCUT2D eigenvalue weighted by Crippen LogP contribution is -2.50. The van der Waals surface area contributed by atoms with Crippen LogP contribution in [0.2, 0.25) is 0 Å². The van der Waals surface area contributed by atoms with Crippen LogP contribution < -0.4 is 0 Å². The molecule has 0 aromatic rings. The summed E-state index contributed by atoms with van der Waals surface area (Å²) >= 11 is 0. The predicted molar refractivity (Wildman–Crippen MR) is 187 cm³/mol. The zero-order chi connectivity index (χ0) is 34.3. The molecule has 0 aliphatic rings. The van der Waals surface area contributed by atoms with E-state index in [4.69, 9.17) is 14.2 Å². The van der Waals surface area contributed by atoms with E-state index in [9.17, 15) is 19.5 Å². The molecule has 0 aromatic carbocycles. The second-order valence-corrected chi connectivity index (χ2v) is 12.2. The molecule has 0 aliphatic carbocycles. The molecule has 0 radical (unpaired) electrons. The minimum atomic E-state index is -0.894. The summed E-state index contributed by atoms with van der Waals surface area (Å²) in [6, 6.07) is -0.630. The first-order valence-corrected chi connectivity index (χ1v) is 17.0. The summed E-state index contributed by atoms with van der Waals surface area (Å²) in [6.07, 6.45) is 34.0.